The molecule has 3 nitrogen and oxygen atoms in total. The quantitative estimate of drug-likeness (QED) is 0.183. The Hall–Kier alpha value is -0.790. The van der Waals surface area contributed by atoms with Crippen LogP contribution in [0.1, 0.15) is 18.1 Å². The van der Waals surface area contributed by atoms with Gasteiger partial charge in [-0.2, -0.15) is 26.3 Å². The Labute approximate surface area is 206 Å². The van der Waals surface area contributed by atoms with Crippen molar-refractivity contribution in [3.8, 4) is 11.5 Å². The minimum Gasteiger partial charge on any atom is -0.494 e. The fourth-order valence-corrected chi connectivity index (χ4v) is 5.83. The molecule has 2 rings (SSSR count). The van der Waals surface area contributed by atoms with Gasteiger partial charge in [-0.1, -0.05) is 0 Å². The normalized spacial score (nSPS) is 12.6. The number of hydrogen-bond acceptors (Lipinski definition) is 3. The molecule has 0 saturated carbocycles. The highest BCUT2D eigenvalue weighted by Crippen LogP contribution is 2.58. The Morgan fingerprint density at radius 1 is 0.742 bits per heavy atom. The second kappa shape index (κ2) is 9.22. The number of esters is 1. The molecule has 2 aromatic rings. The number of halogens is 10. The van der Waals surface area contributed by atoms with Crippen LogP contribution in [0, 0.1) is 0 Å². The summed E-state index contributed by atoms with van der Waals surface area (Å²) >= 11 is 11.7. The average molecular weight is 708 g/mol. The highest BCUT2D eigenvalue weighted by Gasteiger charge is 2.72. The van der Waals surface area contributed by atoms with Crippen molar-refractivity contribution in [2.75, 3.05) is 7.11 Å². The van der Waals surface area contributed by atoms with Gasteiger partial charge >= 0.3 is 18.3 Å². The number of carbonyl (C=O) groups excluding carboxylic acids is 1. The molecule has 170 valence electrons. The predicted octanol–water partition coefficient (Wildman–Crippen LogP) is 8.08. The predicted molar refractivity (Wildman–Crippen MR) is 114 cm³/mol. The van der Waals surface area contributed by atoms with Crippen LogP contribution >= 0.6 is 63.7 Å². The van der Waals surface area contributed by atoms with Crippen LogP contribution in [0.4, 0.5) is 26.3 Å². The Morgan fingerprint density at radius 2 is 1.06 bits per heavy atom. The molecule has 0 heterocycles. The lowest BCUT2D eigenvalue weighted by Gasteiger charge is -2.39. The summed E-state index contributed by atoms with van der Waals surface area (Å²) in [7, 11) is 1.22. The smallest absolute Gasteiger partial charge is 0.411 e. The molecular formula is C18H10Br4F6O3. The van der Waals surface area contributed by atoms with E-state index < -0.39 is 34.9 Å². The van der Waals surface area contributed by atoms with Crippen molar-refractivity contribution in [3.05, 3.63) is 53.3 Å². The van der Waals surface area contributed by atoms with E-state index in [2.05, 4.69) is 63.7 Å². The van der Waals surface area contributed by atoms with E-state index in [1.54, 1.807) is 0 Å². The Kier molecular flexibility index (Phi) is 7.87. The Balaban J connectivity index is 3.00. The van der Waals surface area contributed by atoms with Crippen LogP contribution in [0.2, 0.25) is 0 Å². The highest BCUT2D eigenvalue weighted by atomic mass is 79.9. The molecule has 31 heavy (non-hydrogen) atoms. The van der Waals surface area contributed by atoms with Crippen LogP contribution in [0.25, 0.3) is 0 Å². The molecule has 13 heteroatoms. The van der Waals surface area contributed by atoms with Crippen molar-refractivity contribution >= 4 is 69.7 Å². The van der Waals surface area contributed by atoms with Crippen LogP contribution in [0.3, 0.4) is 0 Å². The van der Waals surface area contributed by atoms with E-state index in [4.69, 9.17) is 9.47 Å². The van der Waals surface area contributed by atoms with Gasteiger partial charge in [0.2, 0.25) is 5.41 Å². The van der Waals surface area contributed by atoms with Crippen molar-refractivity contribution in [3.63, 3.8) is 0 Å². The first-order chi connectivity index (χ1) is 14.1. The molecule has 0 fully saturated rings. The molecule has 0 aliphatic rings. The average Bonchev–Trinajstić information content (AvgIpc) is 2.55. The second-order valence-electron chi connectivity index (χ2n) is 6.08. The Morgan fingerprint density at radius 3 is 1.32 bits per heavy atom. The van der Waals surface area contributed by atoms with E-state index in [9.17, 15) is 31.1 Å². The van der Waals surface area contributed by atoms with Crippen molar-refractivity contribution in [1.82, 2.24) is 0 Å². The number of methoxy groups -OCH3 is 1. The zero-order chi connectivity index (χ0) is 23.9. The largest absolute Gasteiger partial charge is 0.494 e. The summed E-state index contributed by atoms with van der Waals surface area (Å²) in [4.78, 5) is 11.2. The third-order valence-electron chi connectivity index (χ3n) is 4.16. The standard InChI is InChI=1S/C18H10Br4F6O3/c1-7(29)31-15-12(21)5-9(6-13(15)22)16(17(23,24)25,18(26,27)28)8-3-10(19)14(30-2)11(20)4-8/h3-6H,1-2H3. The van der Waals surface area contributed by atoms with Gasteiger partial charge in [0.05, 0.1) is 25.0 Å². The number of hydrogen-bond donors (Lipinski definition) is 0. The third kappa shape index (κ3) is 4.79. The molecule has 0 spiro atoms. The van der Waals surface area contributed by atoms with Gasteiger partial charge < -0.3 is 9.47 Å². The minimum atomic E-state index is -5.81. The lowest BCUT2D eigenvalue weighted by Crippen LogP contribution is -2.54. The van der Waals surface area contributed by atoms with E-state index in [1.807, 2.05) is 0 Å². The lowest BCUT2D eigenvalue weighted by atomic mass is 9.73. The molecule has 0 saturated heterocycles. The fraction of sp³-hybridized carbons (Fsp3) is 0.278. The Bertz CT molecular complexity index is 960. The van der Waals surface area contributed by atoms with Crippen molar-refractivity contribution in [2.24, 2.45) is 0 Å². The van der Waals surface area contributed by atoms with Gasteiger partial charge in [-0.15, -0.1) is 0 Å². The SMILES string of the molecule is COc1c(Br)cc(C(c2cc(Br)c(OC(C)=O)c(Br)c2)(C(F)(F)F)C(F)(F)F)cc1Br. The third-order valence-corrected chi connectivity index (χ3v) is 6.52. The maximum atomic E-state index is 14.4. The van der Waals surface area contributed by atoms with Crippen LogP contribution in [-0.4, -0.2) is 25.4 Å². The van der Waals surface area contributed by atoms with Crippen molar-refractivity contribution < 1.29 is 40.6 Å². The molecule has 0 N–H and O–H groups in total. The summed E-state index contributed by atoms with van der Waals surface area (Å²) in [6, 6.07) is 2.64. The number of ether oxygens (including phenoxy) is 2. The first kappa shape index (κ1) is 26.5. The van der Waals surface area contributed by atoms with E-state index in [0.29, 0.717) is 24.3 Å². The summed E-state index contributed by atoms with van der Waals surface area (Å²) in [6.07, 6.45) is -11.6. The fourth-order valence-electron chi connectivity index (χ4n) is 2.97. The van der Waals surface area contributed by atoms with E-state index in [1.165, 1.54) is 7.11 Å². The molecule has 0 bridgehead atoms. The molecule has 2 aromatic carbocycles. The van der Waals surface area contributed by atoms with Gasteiger partial charge in [-0.3, -0.25) is 4.79 Å². The summed E-state index contributed by atoms with van der Waals surface area (Å²) < 4.78 is 95.2. The molecule has 0 aliphatic carbocycles. The molecule has 0 atom stereocenters. The maximum Gasteiger partial charge on any atom is 0.411 e. The van der Waals surface area contributed by atoms with E-state index >= 15 is 0 Å². The summed E-state index contributed by atoms with van der Waals surface area (Å²) in [6.45, 7) is 1.04. The second-order valence-corrected chi connectivity index (χ2v) is 9.50. The lowest BCUT2D eigenvalue weighted by molar-refractivity contribution is -0.288. The molecular weight excluding hydrogens is 698 g/mol. The summed E-state index contributed by atoms with van der Waals surface area (Å²) in [5.74, 6) is -1.05. The van der Waals surface area contributed by atoms with E-state index in [-0.39, 0.29) is 29.4 Å². The molecule has 0 aromatic heterocycles. The van der Waals surface area contributed by atoms with Crippen LogP contribution in [0.15, 0.2) is 42.2 Å². The first-order valence-electron chi connectivity index (χ1n) is 7.92. The number of alkyl halides is 6. The molecule has 0 amide bonds. The monoisotopic (exact) mass is 704 g/mol. The van der Waals surface area contributed by atoms with Crippen molar-refractivity contribution in [2.45, 2.75) is 24.7 Å². The summed E-state index contributed by atoms with van der Waals surface area (Å²) in [5, 5.41) is 0. The number of benzene rings is 2. The van der Waals surface area contributed by atoms with Gasteiger partial charge in [0, 0.05) is 6.92 Å². The van der Waals surface area contributed by atoms with E-state index in [0.717, 1.165) is 6.92 Å². The first-order valence-corrected chi connectivity index (χ1v) is 11.1. The van der Waals surface area contributed by atoms with Crippen molar-refractivity contribution in [1.29, 1.82) is 0 Å². The van der Waals surface area contributed by atoms with Gasteiger partial charge in [0.25, 0.3) is 0 Å². The molecule has 0 aliphatic heterocycles. The highest BCUT2D eigenvalue weighted by molar-refractivity contribution is 9.11. The van der Waals surface area contributed by atoms with Gasteiger partial charge in [0.1, 0.15) is 5.75 Å². The van der Waals surface area contributed by atoms with Gasteiger partial charge in [-0.05, 0) is 99.1 Å². The minimum absolute atomic E-state index is 0.0227. The van der Waals surface area contributed by atoms with Gasteiger partial charge in [-0.25, -0.2) is 0 Å². The molecule has 0 radical (unpaired) electrons. The summed E-state index contributed by atoms with van der Waals surface area (Å²) in [5.41, 5.74) is -6.67. The number of rotatable bonds is 4. The molecule has 0 unspecified atom stereocenters. The number of carbonyl (C=O) groups is 1. The zero-order valence-corrected chi connectivity index (χ0v) is 21.7. The topological polar surface area (TPSA) is 35.5 Å². The van der Waals surface area contributed by atoms with Crippen LogP contribution < -0.4 is 9.47 Å². The van der Waals surface area contributed by atoms with Gasteiger partial charge in [0.15, 0.2) is 5.75 Å². The maximum absolute atomic E-state index is 14.4. The van der Waals surface area contributed by atoms with Crippen LogP contribution in [0.5, 0.6) is 11.5 Å². The zero-order valence-electron chi connectivity index (χ0n) is 15.3. The van der Waals surface area contributed by atoms with Crippen LogP contribution in [-0.2, 0) is 10.2 Å².